The molecule has 6 heteroatoms. The summed E-state index contributed by atoms with van der Waals surface area (Å²) in [6.07, 6.45) is 0. The molecule has 5 nitrogen and oxygen atoms in total. The van der Waals surface area contributed by atoms with Crippen molar-refractivity contribution < 1.29 is 9.90 Å². The van der Waals surface area contributed by atoms with Crippen LogP contribution in [0.1, 0.15) is 10.4 Å². The number of aliphatic hydroxyl groups is 1. The van der Waals surface area contributed by atoms with Crippen LogP contribution in [0.2, 0.25) is 0 Å². The van der Waals surface area contributed by atoms with Crippen molar-refractivity contribution in [2.75, 3.05) is 39.3 Å². The third kappa shape index (κ3) is 4.66. The smallest absolute Gasteiger partial charge is 0.257 e. The molecule has 0 unspecified atom stereocenters. The minimum atomic E-state index is -0.188. The van der Waals surface area contributed by atoms with E-state index in [1.165, 1.54) is 0 Å². The molecule has 0 spiro atoms. The minimum absolute atomic E-state index is 0.167. The molecule has 26 heavy (non-hydrogen) atoms. The van der Waals surface area contributed by atoms with E-state index in [9.17, 15) is 4.79 Å². The predicted octanol–water partition coefficient (Wildman–Crippen LogP) is 1.98. The Morgan fingerprint density at radius 2 is 1.58 bits per heavy atom. The lowest BCUT2D eigenvalue weighted by molar-refractivity contribution is 0.0968. The summed E-state index contributed by atoms with van der Waals surface area (Å²) >= 11 is 5.38. The van der Waals surface area contributed by atoms with Gasteiger partial charge < -0.3 is 10.0 Å². The second-order valence-corrected chi connectivity index (χ2v) is 6.64. The van der Waals surface area contributed by atoms with Gasteiger partial charge in [-0.2, -0.15) is 0 Å². The quantitative estimate of drug-likeness (QED) is 0.807. The van der Waals surface area contributed by atoms with E-state index in [0.717, 1.165) is 37.3 Å². The SMILES string of the molecule is O=C(NC(=S)N1CCN(CCO)CC1)c1ccc(-c2ccccc2)cc1. The molecule has 1 saturated heterocycles. The van der Waals surface area contributed by atoms with Crippen LogP contribution in [0, 0.1) is 0 Å². The van der Waals surface area contributed by atoms with Crippen molar-refractivity contribution in [2.24, 2.45) is 0 Å². The van der Waals surface area contributed by atoms with Gasteiger partial charge in [0.15, 0.2) is 5.11 Å². The molecule has 0 atom stereocenters. The largest absolute Gasteiger partial charge is 0.395 e. The maximum absolute atomic E-state index is 12.4. The van der Waals surface area contributed by atoms with Gasteiger partial charge in [-0.3, -0.25) is 15.0 Å². The van der Waals surface area contributed by atoms with Crippen LogP contribution in [-0.4, -0.2) is 65.3 Å². The average molecular weight is 369 g/mol. The number of hydrogen-bond acceptors (Lipinski definition) is 4. The normalized spacial score (nSPS) is 14.9. The first-order valence-electron chi connectivity index (χ1n) is 8.76. The number of carbonyl (C=O) groups is 1. The van der Waals surface area contributed by atoms with Crippen LogP contribution in [0.4, 0.5) is 0 Å². The molecule has 0 aromatic heterocycles. The highest BCUT2D eigenvalue weighted by atomic mass is 32.1. The zero-order chi connectivity index (χ0) is 18.4. The Balaban J connectivity index is 1.55. The van der Waals surface area contributed by atoms with Crippen molar-refractivity contribution in [1.29, 1.82) is 0 Å². The van der Waals surface area contributed by atoms with Gasteiger partial charge in [0.25, 0.3) is 5.91 Å². The first-order valence-corrected chi connectivity index (χ1v) is 9.17. The number of piperazine rings is 1. The third-order valence-electron chi connectivity index (χ3n) is 4.55. The Hall–Kier alpha value is -2.28. The van der Waals surface area contributed by atoms with Gasteiger partial charge in [-0.05, 0) is 35.5 Å². The van der Waals surface area contributed by atoms with E-state index in [-0.39, 0.29) is 12.5 Å². The van der Waals surface area contributed by atoms with Gasteiger partial charge in [0.2, 0.25) is 0 Å². The summed E-state index contributed by atoms with van der Waals surface area (Å²) in [4.78, 5) is 16.6. The molecule has 0 aliphatic carbocycles. The number of amides is 1. The van der Waals surface area contributed by atoms with Crippen molar-refractivity contribution in [3.63, 3.8) is 0 Å². The molecule has 1 amide bonds. The molecular formula is C20H23N3O2S. The fourth-order valence-electron chi connectivity index (χ4n) is 3.01. The van der Waals surface area contributed by atoms with Crippen molar-refractivity contribution in [3.05, 3.63) is 60.2 Å². The molecule has 2 aromatic carbocycles. The zero-order valence-corrected chi connectivity index (χ0v) is 15.4. The third-order valence-corrected chi connectivity index (χ3v) is 4.91. The first kappa shape index (κ1) is 18.5. The van der Waals surface area contributed by atoms with E-state index in [4.69, 9.17) is 17.3 Å². The number of benzene rings is 2. The van der Waals surface area contributed by atoms with Crippen LogP contribution in [0.25, 0.3) is 11.1 Å². The van der Waals surface area contributed by atoms with Gasteiger partial charge in [0.1, 0.15) is 0 Å². The first-order chi connectivity index (χ1) is 12.7. The highest BCUT2D eigenvalue weighted by molar-refractivity contribution is 7.80. The van der Waals surface area contributed by atoms with Crippen LogP contribution in [0.15, 0.2) is 54.6 Å². The van der Waals surface area contributed by atoms with Gasteiger partial charge in [0, 0.05) is 38.3 Å². The highest BCUT2D eigenvalue weighted by Gasteiger charge is 2.20. The van der Waals surface area contributed by atoms with E-state index in [1.807, 2.05) is 59.5 Å². The van der Waals surface area contributed by atoms with Gasteiger partial charge in [-0.25, -0.2) is 0 Å². The Morgan fingerprint density at radius 3 is 2.19 bits per heavy atom. The van der Waals surface area contributed by atoms with Crippen molar-refractivity contribution >= 4 is 23.2 Å². The molecule has 1 aliphatic rings. The average Bonchev–Trinajstić information content (AvgIpc) is 2.69. The number of thiocarbonyl (C=S) groups is 1. The van der Waals surface area contributed by atoms with Crippen molar-refractivity contribution in [3.8, 4) is 11.1 Å². The number of carbonyl (C=O) groups excluding carboxylic acids is 1. The number of aliphatic hydroxyl groups excluding tert-OH is 1. The van der Waals surface area contributed by atoms with E-state index >= 15 is 0 Å². The zero-order valence-electron chi connectivity index (χ0n) is 14.6. The molecule has 2 N–H and O–H groups in total. The molecular weight excluding hydrogens is 346 g/mol. The van der Waals surface area contributed by atoms with Crippen LogP contribution < -0.4 is 5.32 Å². The molecule has 0 bridgehead atoms. The minimum Gasteiger partial charge on any atom is -0.395 e. The number of nitrogens with zero attached hydrogens (tertiary/aromatic N) is 2. The molecule has 3 rings (SSSR count). The fourth-order valence-corrected chi connectivity index (χ4v) is 3.28. The second-order valence-electron chi connectivity index (χ2n) is 6.25. The predicted molar refractivity (Wildman–Crippen MR) is 107 cm³/mol. The van der Waals surface area contributed by atoms with E-state index in [0.29, 0.717) is 17.2 Å². The van der Waals surface area contributed by atoms with E-state index in [2.05, 4.69) is 10.2 Å². The molecule has 2 aromatic rings. The van der Waals surface area contributed by atoms with Crippen molar-refractivity contribution in [1.82, 2.24) is 15.1 Å². The molecule has 1 fully saturated rings. The maximum atomic E-state index is 12.4. The topological polar surface area (TPSA) is 55.8 Å². The Kier molecular flexibility index (Phi) is 6.33. The fraction of sp³-hybridized carbons (Fsp3) is 0.300. The number of rotatable bonds is 4. The standard InChI is InChI=1S/C20H23N3O2S/c24-15-14-22-10-12-23(13-11-22)20(26)21-19(25)18-8-6-17(7-9-18)16-4-2-1-3-5-16/h1-9,24H,10-15H2,(H,21,25,26). The molecule has 1 heterocycles. The Morgan fingerprint density at radius 1 is 0.962 bits per heavy atom. The summed E-state index contributed by atoms with van der Waals surface area (Å²) < 4.78 is 0. The van der Waals surface area contributed by atoms with Crippen LogP contribution in [-0.2, 0) is 0 Å². The lowest BCUT2D eigenvalue weighted by atomic mass is 10.0. The summed E-state index contributed by atoms with van der Waals surface area (Å²) in [7, 11) is 0. The van der Waals surface area contributed by atoms with Gasteiger partial charge in [-0.1, -0.05) is 42.5 Å². The number of nitrogens with one attached hydrogen (secondary N) is 1. The summed E-state index contributed by atoms with van der Waals surface area (Å²) in [5, 5.41) is 12.3. The van der Waals surface area contributed by atoms with Gasteiger partial charge in [0.05, 0.1) is 6.61 Å². The maximum Gasteiger partial charge on any atom is 0.257 e. The molecule has 1 aliphatic heterocycles. The Labute approximate surface area is 159 Å². The van der Waals surface area contributed by atoms with Gasteiger partial charge >= 0.3 is 0 Å². The lowest BCUT2D eigenvalue weighted by Crippen LogP contribution is -2.53. The Bertz CT molecular complexity index is 741. The van der Waals surface area contributed by atoms with E-state index in [1.54, 1.807) is 0 Å². The van der Waals surface area contributed by atoms with Crippen LogP contribution >= 0.6 is 12.2 Å². The summed E-state index contributed by atoms with van der Waals surface area (Å²) in [5.41, 5.74) is 2.78. The molecule has 0 saturated carbocycles. The molecule has 136 valence electrons. The van der Waals surface area contributed by atoms with Crippen LogP contribution in [0.5, 0.6) is 0 Å². The molecule has 0 radical (unpaired) electrons. The monoisotopic (exact) mass is 369 g/mol. The van der Waals surface area contributed by atoms with Crippen LogP contribution in [0.3, 0.4) is 0 Å². The number of β-amino-alcohol motifs (C(OH)–C–C–N with tert-alkyl or cyclic N) is 1. The lowest BCUT2D eigenvalue weighted by Gasteiger charge is -2.35. The summed E-state index contributed by atoms with van der Waals surface area (Å²) in [5.74, 6) is -0.188. The summed E-state index contributed by atoms with van der Waals surface area (Å²) in [6.45, 7) is 4.03. The summed E-state index contributed by atoms with van der Waals surface area (Å²) in [6, 6.07) is 17.6. The number of hydrogen-bond donors (Lipinski definition) is 2. The highest BCUT2D eigenvalue weighted by Crippen LogP contribution is 2.19. The van der Waals surface area contributed by atoms with Crippen molar-refractivity contribution in [2.45, 2.75) is 0 Å². The van der Waals surface area contributed by atoms with Gasteiger partial charge in [-0.15, -0.1) is 0 Å². The second kappa shape index (κ2) is 8.89. The van der Waals surface area contributed by atoms with E-state index < -0.39 is 0 Å².